The van der Waals surface area contributed by atoms with Crippen LogP contribution in [0.2, 0.25) is 0 Å². The first-order chi connectivity index (χ1) is 11.0. The van der Waals surface area contributed by atoms with Crippen LogP contribution < -0.4 is 0 Å². The van der Waals surface area contributed by atoms with Gasteiger partial charge in [0.2, 0.25) is 0 Å². The molecule has 1 saturated carbocycles. The van der Waals surface area contributed by atoms with Crippen molar-refractivity contribution in [3.05, 3.63) is 41.1 Å². The third-order valence-electron chi connectivity index (χ3n) is 4.11. The molecule has 0 spiro atoms. The van der Waals surface area contributed by atoms with Crippen molar-refractivity contribution in [2.24, 2.45) is 0 Å². The van der Waals surface area contributed by atoms with Gasteiger partial charge in [-0.2, -0.15) is 26.3 Å². The molecule has 0 radical (unpaired) electrons. The Kier molecular flexibility index (Phi) is 3.33. The van der Waals surface area contributed by atoms with Crippen molar-refractivity contribution < 1.29 is 36.2 Å². The molecule has 9 heteroatoms. The van der Waals surface area contributed by atoms with Crippen LogP contribution in [0.25, 0.3) is 10.9 Å². The minimum Gasteiger partial charge on any atom is -0.481 e. The number of halogens is 6. The molecule has 3 rings (SSSR count). The maximum atomic E-state index is 13.1. The number of aliphatic carboxylic acids is 1. The predicted octanol–water partition coefficient (Wildman–Crippen LogP) is 4.39. The predicted molar refractivity (Wildman–Crippen MR) is 70.3 cm³/mol. The normalized spacial score (nSPS) is 17.1. The summed E-state index contributed by atoms with van der Waals surface area (Å²) in [5.41, 5.74) is -5.62. The number of carbonyl (C=O) groups is 1. The Morgan fingerprint density at radius 1 is 1.08 bits per heavy atom. The van der Waals surface area contributed by atoms with Crippen molar-refractivity contribution in [2.45, 2.75) is 30.6 Å². The van der Waals surface area contributed by atoms with Crippen molar-refractivity contribution >= 4 is 16.9 Å². The second-order valence-corrected chi connectivity index (χ2v) is 5.64. The zero-order chi connectivity index (χ0) is 17.9. The summed E-state index contributed by atoms with van der Waals surface area (Å²) in [6.07, 6.45) is -9.77. The lowest BCUT2D eigenvalue weighted by molar-refractivity contribution is -0.143. The summed E-state index contributed by atoms with van der Waals surface area (Å²) in [7, 11) is 0. The first-order valence-electron chi connectivity index (χ1n) is 6.79. The van der Waals surface area contributed by atoms with Crippen LogP contribution in [0, 0.1) is 0 Å². The molecule has 1 aliphatic rings. The van der Waals surface area contributed by atoms with E-state index in [1.807, 2.05) is 0 Å². The first-order valence-corrected chi connectivity index (χ1v) is 6.79. The number of alkyl halides is 6. The van der Waals surface area contributed by atoms with Gasteiger partial charge in [-0.05, 0) is 30.5 Å². The largest absolute Gasteiger partial charge is 0.481 e. The minimum atomic E-state index is -4.99. The molecule has 1 aromatic heterocycles. The number of hydrogen-bond donors (Lipinski definition) is 1. The molecule has 1 aliphatic carbocycles. The molecule has 3 nitrogen and oxygen atoms in total. The Labute approximate surface area is 130 Å². The molecule has 0 amide bonds. The lowest BCUT2D eigenvalue weighted by Crippen LogP contribution is -2.22. The second kappa shape index (κ2) is 4.84. The maximum absolute atomic E-state index is 13.1. The Bertz CT molecular complexity index is 836. The van der Waals surface area contributed by atoms with Gasteiger partial charge in [-0.25, -0.2) is 4.98 Å². The number of carboxylic acids is 1. The number of hydrogen-bond acceptors (Lipinski definition) is 2. The molecule has 1 heterocycles. The molecule has 1 N–H and O–H groups in total. The summed E-state index contributed by atoms with van der Waals surface area (Å²) in [4.78, 5) is 14.6. The Balaban J connectivity index is 2.41. The highest BCUT2D eigenvalue weighted by atomic mass is 19.4. The summed E-state index contributed by atoms with van der Waals surface area (Å²) >= 11 is 0. The van der Waals surface area contributed by atoms with Gasteiger partial charge in [0.25, 0.3) is 0 Å². The van der Waals surface area contributed by atoms with Crippen molar-refractivity contribution in [3.8, 4) is 0 Å². The summed E-state index contributed by atoms with van der Waals surface area (Å²) in [6, 6.07) is 3.36. The quantitative estimate of drug-likeness (QED) is 0.818. The lowest BCUT2D eigenvalue weighted by Gasteiger charge is -2.18. The molecule has 2 aromatic rings. The van der Waals surface area contributed by atoms with E-state index in [0.29, 0.717) is 12.1 Å². The van der Waals surface area contributed by atoms with Crippen LogP contribution in [0.3, 0.4) is 0 Å². The number of aromatic nitrogens is 1. The average Bonchev–Trinajstić information content (AvgIpc) is 3.25. The fourth-order valence-corrected chi connectivity index (χ4v) is 2.74. The molecule has 0 unspecified atom stereocenters. The third kappa shape index (κ3) is 2.47. The molecule has 24 heavy (non-hydrogen) atoms. The summed E-state index contributed by atoms with van der Waals surface area (Å²) < 4.78 is 78.5. The van der Waals surface area contributed by atoms with Crippen LogP contribution in [0.5, 0.6) is 0 Å². The molecule has 0 bridgehead atoms. The van der Waals surface area contributed by atoms with E-state index < -0.39 is 40.5 Å². The highest BCUT2D eigenvalue weighted by Crippen LogP contribution is 2.52. The number of fused-ring (bicyclic) bond motifs is 1. The second-order valence-electron chi connectivity index (χ2n) is 5.64. The van der Waals surface area contributed by atoms with E-state index in [9.17, 15) is 36.2 Å². The Morgan fingerprint density at radius 3 is 2.17 bits per heavy atom. The molecule has 0 aliphatic heterocycles. The molecule has 0 saturated heterocycles. The molecular formula is C15H9F6NO2. The summed E-state index contributed by atoms with van der Waals surface area (Å²) in [5, 5.41) is 9.09. The van der Waals surface area contributed by atoms with E-state index in [2.05, 4.69) is 4.98 Å². The van der Waals surface area contributed by atoms with Crippen molar-refractivity contribution in [1.82, 2.24) is 4.98 Å². The molecule has 0 atom stereocenters. The highest BCUT2D eigenvalue weighted by Gasteiger charge is 2.53. The van der Waals surface area contributed by atoms with Crippen LogP contribution in [-0.2, 0) is 22.6 Å². The SMILES string of the molecule is O=C(O)C1(c2cc(C(F)(F)F)nc3c(C(F)(F)F)cccc23)CC1. The van der Waals surface area contributed by atoms with Gasteiger partial charge in [0, 0.05) is 5.39 Å². The van der Waals surface area contributed by atoms with Crippen LogP contribution in [-0.4, -0.2) is 16.1 Å². The number of pyridine rings is 1. The zero-order valence-electron chi connectivity index (χ0n) is 11.8. The summed E-state index contributed by atoms with van der Waals surface area (Å²) in [6.45, 7) is 0. The van der Waals surface area contributed by atoms with Gasteiger partial charge in [-0.15, -0.1) is 0 Å². The van der Waals surface area contributed by atoms with E-state index in [1.54, 1.807) is 0 Å². The fraction of sp³-hybridized carbons (Fsp3) is 0.333. The van der Waals surface area contributed by atoms with E-state index >= 15 is 0 Å². The number of carboxylic acid groups (broad SMARTS) is 1. The van der Waals surface area contributed by atoms with Gasteiger partial charge in [0.1, 0.15) is 5.69 Å². The van der Waals surface area contributed by atoms with Crippen LogP contribution in [0.1, 0.15) is 29.7 Å². The number of benzene rings is 1. The minimum absolute atomic E-state index is 0.0645. The van der Waals surface area contributed by atoms with Crippen molar-refractivity contribution in [2.75, 3.05) is 0 Å². The van der Waals surface area contributed by atoms with Crippen LogP contribution >= 0.6 is 0 Å². The standard InChI is InChI=1S/C15H9F6NO2/c16-14(17,18)8-3-1-2-7-9(13(4-5-13)12(23)24)6-10(15(19,20)21)22-11(7)8/h1-3,6H,4-5H2,(H,23,24). The van der Waals surface area contributed by atoms with Gasteiger partial charge in [0.15, 0.2) is 0 Å². The van der Waals surface area contributed by atoms with E-state index in [1.165, 1.54) is 0 Å². The average molecular weight is 349 g/mol. The molecular weight excluding hydrogens is 340 g/mol. The Hall–Kier alpha value is -2.32. The van der Waals surface area contributed by atoms with Crippen molar-refractivity contribution in [3.63, 3.8) is 0 Å². The van der Waals surface area contributed by atoms with Gasteiger partial charge in [0.05, 0.1) is 16.5 Å². The van der Waals surface area contributed by atoms with Gasteiger partial charge in [-0.3, -0.25) is 4.79 Å². The number of nitrogens with zero attached hydrogens (tertiary/aromatic N) is 1. The van der Waals surface area contributed by atoms with Gasteiger partial charge in [-0.1, -0.05) is 12.1 Å². The lowest BCUT2D eigenvalue weighted by atomic mass is 9.90. The smallest absolute Gasteiger partial charge is 0.433 e. The maximum Gasteiger partial charge on any atom is 0.433 e. The van der Waals surface area contributed by atoms with Crippen LogP contribution in [0.4, 0.5) is 26.3 Å². The van der Waals surface area contributed by atoms with E-state index in [0.717, 1.165) is 12.1 Å². The zero-order valence-corrected chi connectivity index (χ0v) is 11.8. The topological polar surface area (TPSA) is 50.2 Å². The Morgan fingerprint density at radius 2 is 1.71 bits per heavy atom. The monoisotopic (exact) mass is 349 g/mol. The van der Waals surface area contributed by atoms with Crippen molar-refractivity contribution in [1.29, 1.82) is 0 Å². The summed E-state index contributed by atoms with van der Waals surface area (Å²) in [5.74, 6) is -1.36. The molecule has 128 valence electrons. The highest BCUT2D eigenvalue weighted by molar-refractivity contribution is 5.95. The molecule has 1 fully saturated rings. The fourth-order valence-electron chi connectivity index (χ4n) is 2.74. The number of para-hydroxylation sites is 1. The first kappa shape index (κ1) is 16.5. The van der Waals surface area contributed by atoms with E-state index in [-0.39, 0.29) is 23.8 Å². The molecule has 1 aromatic carbocycles. The van der Waals surface area contributed by atoms with Crippen LogP contribution in [0.15, 0.2) is 24.3 Å². The van der Waals surface area contributed by atoms with E-state index in [4.69, 9.17) is 0 Å². The third-order valence-corrected chi connectivity index (χ3v) is 4.11. The number of rotatable bonds is 2. The van der Waals surface area contributed by atoms with Gasteiger partial charge < -0.3 is 5.11 Å². The van der Waals surface area contributed by atoms with Gasteiger partial charge >= 0.3 is 18.3 Å².